The van der Waals surface area contributed by atoms with Crippen LogP contribution in [0.25, 0.3) is 0 Å². The number of benzene rings is 2. The number of allylic oxidation sites excluding steroid dienone is 1. The molecule has 9 heteroatoms. The summed E-state index contributed by atoms with van der Waals surface area (Å²) in [6, 6.07) is 14.0. The van der Waals surface area contributed by atoms with Crippen molar-refractivity contribution in [1.82, 2.24) is 20.2 Å². The molecule has 0 spiro atoms. The predicted octanol–water partition coefficient (Wildman–Crippen LogP) is 3.65. The molecule has 0 saturated heterocycles. The summed E-state index contributed by atoms with van der Waals surface area (Å²) in [6.45, 7) is 4.24. The fraction of sp³-hybridized carbons (Fsp3) is 0.200. The maximum atomic E-state index is 13.3. The molecule has 0 bridgehead atoms. The molecular weight excluding hydrogens is 392 g/mol. The standard InChI is InChI=1S/C20H19ClN6O2/c1-3-29-16-7-5-4-6-15(16)18-17(12(2)22-20-24-25-26-27(18)20)19(28)23-14-10-8-13(21)9-11-14/h4-11,18H,3H2,1-2H3,(H,23,28)(H,22,24,26)/t18-/m1/s1. The van der Waals surface area contributed by atoms with Gasteiger partial charge >= 0.3 is 0 Å². The molecule has 2 heterocycles. The maximum absolute atomic E-state index is 13.3. The molecule has 148 valence electrons. The normalized spacial score (nSPS) is 15.5. The molecule has 29 heavy (non-hydrogen) atoms. The van der Waals surface area contributed by atoms with Crippen LogP contribution in [-0.2, 0) is 4.79 Å². The lowest BCUT2D eigenvalue weighted by molar-refractivity contribution is -0.113. The Bertz CT molecular complexity index is 1080. The number of ether oxygens (including phenoxy) is 1. The zero-order valence-electron chi connectivity index (χ0n) is 15.9. The zero-order valence-corrected chi connectivity index (χ0v) is 16.6. The molecule has 3 aromatic rings. The summed E-state index contributed by atoms with van der Waals surface area (Å²) in [5.41, 5.74) is 2.59. The fourth-order valence-electron chi connectivity index (χ4n) is 3.32. The number of amides is 1. The van der Waals surface area contributed by atoms with E-state index in [0.717, 1.165) is 5.56 Å². The second kappa shape index (κ2) is 7.92. The number of para-hydroxylation sites is 1. The number of hydrogen-bond donors (Lipinski definition) is 2. The number of nitrogens with zero attached hydrogens (tertiary/aromatic N) is 4. The van der Waals surface area contributed by atoms with Gasteiger partial charge in [0.25, 0.3) is 5.91 Å². The molecule has 0 fully saturated rings. The van der Waals surface area contributed by atoms with Gasteiger partial charge in [0, 0.05) is 22.0 Å². The summed E-state index contributed by atoms with van der Waals surface area (Å²) in [6.07, 6.45) is 0. The largest absolute Gasteiger partial charge is 0.494 e. The second-order valence-corrected chi connectivity index (χ2v) is 6.88. The molecule has 0 unspecified atom stereocenters. The highest BCUT2D eigenvalue weighted by Crippen LogP contribution is 2.38. The number of aromatic nitrogens is 4. The third kappa shape index (κ3) is 3.66. The summed E-state index contributed by atoms with van der Waals surface area (Å²) in [5, 5.41) is 18.5. The Morgan fingerprint density at radius 2 is 2.00 bits per heavy atom. The van der Waals surface area contributed by atoms with Crippen LogP contribution in [0.3, 0.4) is 0 Å². The molecule has 1 aliphatic heterocycles. The Balaban J connectivity index is 1.78. The van der Waals surface area contributed by atoms with Gasteiger partial charge in [0.05, 0.1) is 12.2 Å². The smallest absolute Gasteiger partial charge is 0.255 e. The van der Waals surface area contributed by atoms with E-state index in [-0.39, 0.29) is 5.91 Å². The van der Waals surface area contributed by atoms with Crippen molar-refractivity contribution in [3.63, 3.8) is 0 Å². The zero-order chi connectivity index (χ0) is 20.4. The highest BCUT2D eigenvalue weighted by molar-refractivity contribution is 6.30. The van der Waals surface area contributed by atoms with Gasteiger partial charge in [0.2, 0.25) is 5.95 Å². The molecule has 1 atom stereocenters. The van der Waals surface area contributed by atoms with Crippen LogP contribution in [0.4, 0.5) is 11.6 Å². The Hall–Kier alpha value is -3.39. The summed E-state index contributed by atoms with van der Waals surface area (Å²) >= 11 is 5.94. The van der Waals surface area contributed by atoms with Gasteiger partial charge in [0.1, 0.15) is 11.8 Å². The van der Waals surface area contributed by atoms with E-state index in [1.807, 2.05) is 38.1 Å². The third-order valence-corrected chi connectivity index (χ3v) is 4.83. The van der Waals surface area contributed by atoms with Crippen molar-refractivity contribution in [2.24, 2.45) is 0 Å². The minimum Gasteiger partial charge on any atom is -0.494 e. The van der Waals surface area contributed by atoms with Crippen LogP contribution in [-0.4, -0.2) is 32.7 Å². The van der Waals surface area contributed by atoms with Crippen molar-refractivity contribution in [2.75, 3.05) is 17.2 Å². The molecule has 1 amide bonds. The van der Waals surface area contributed by atoms with Crippen LogP contribution in [0.5, 0.6) is 5.75 Å². The van der Waals surface area contributed by atoms with E-state index in [9.17, 15) is 4.79 Å². The van der Waals surface area contributed by atoms with Gasteiger partial charge in [-0.25, -0.2) is 0 Å². The lowest BCUT2D eigenvalue weighted by atomic mass is 9.94. The highest BCUT2D eigenvalue weighted by atomic mass is 35.5. The number of carbonyl (C=O) groups is 1. The third-order valence-electron chi connectivity index (χ3n) is 4.57. The molecule has 1 aliphatic rings. The number of rotatable bonds is 5. The van der Waals surface area contributed by atoms with Crippen molar-refractivity contribution in [1.29, 1.82) is 0 Å². The van der Waals surface area contributed by atoms with E-state index in [1.54, 1.807) is 28.9 Å². The number of carbonyl (C=O) groups excluding carboxylic acids is 1. The van der Waals surface area contributed by atoms with E-state index in [1.165, 1.54) is 0 Å². The molecular formula is C20H19ClN6O2. The van der Waals surface area contributed by atoms with Crippen molar-refractivity contribution in [3.05, 3.63) is 70.4 Å². The van der Waals surface area contributed by atoms with E-state index in [0.29, 0.717) is 40.3 Å². The van der Waals surface area contributed by atoms with Gasteiger partial charge in [-0.3, -0.25) is 4.79 Å². The molecule has 8 nitrogen and oxygen atoms in total. The maximum Gasteiger partial charge on any atom is 0.255 e. The van der Waals surface area contributed by atoms with Gasteiger partial charge < -0.3 is 15.4 Å². The topological polar surface area (TPSA) is 94.0 Å². The van der Waals surface area contributed by atoms with Crippen LogP contribution in [0.2, 0.25) is 5.02 Å². The lowest BCUT2D eigenvalue weighted by Gasteiger charge is -2.29. The molecule has 0 saturated carbocycles. The number of halogens is 1. The molecule has 2 aromatic carbocycles. The average Bonchev–Trinajstić information content (AvgIpc) is 3.17. The van der Waals surface area contributed by atoms with Gasteiger partial charge in [-0.2, -0.15) is 4.68 Å². The van der Waals surface area contributed by atoms with Crippen LogP contribution < -0.4 is 15.4 Å². The summed E-state index contributed by atoms with van der Waals surface area (Å²) < 4.78 is 7.39. The quantitative estimate of drug-likeness (QED) is 0.666. The first-order chi connectivity index (χ1) is 14.1. The van der Waals surface area contributed by atoms with Gasteiger partial charge in [-0.05, 0) is 54.6 Å². The molecule has 4 rings (SSSR count). The van der Waals surface area contributed by atoms with E-state index >= 15 is 0 Å². The Morgan fingerprint density at radius 1 is 1.24 bits per heavy atom. The molecule has 1 aromatic heterocycles. The Morgan fingerprint density at radius 3 is 2.76 bits per heavy atom. The lowest BCUT2D eigenvalue weighted by Crippen LogP contribution is -2.31. The number of fused-ring (bicyclic) bond motifs is 1. The first-order valence-corrected chi connectivity index (χ1v) is 9.50. The second-order valence-electron chi connectivity index (χ2n) is 6.45. The number of nitrogens with one attached hydrogen (secondary N) is 2. The van der Waals surface area contributed by atoms with Crippen molar-refractivity contribution < 1.29 is 9.53 Å². The van der Waals surface area contributed by atoms with Crippen LogP contribution >= 0.6 is 11.6 Å². The predicted molar refractivity (Wildman–Crippen MR) is 110 cm³/mol. The molecule has 0 aliphatic carbocycles. The fourth-order valence-corrected chi connectivity index (χ4v) is 3.44. The molecule has 2 N–H and O–H groups in total. The first kappa shape index (κ1) is 18.9. The van der Waals surface area contributed by atoms with E-state index in [2.05, 4.69) is 26.2 Å². The summed E-state index contributed by atoms with van der Waals surface area (Å²) in [7, 11) is 0. The molecule has 0 radical (unpaired) electrons. The summed E-state index contributed by atoms with van der Waals surface area (Å²) in [5.74, 6) is 0.865. The van der Waals surface area contributed by atoms with Gasteiger partial charge in [0.15, 0.2) is 0 Å². The number of anilines is 2. The Kier molecular flexibility index (Phi) is 5.18. The summed E-state index contributed by atoms with van der Waals surface area (Å²) in [4.78, 5) is 13.3. The van der Waals surface area contributed by atoms with Crippen molar-refractivity contribution in [3.8, 4) is 5.75 Å². The monoisotopic (exact) mass is 410 g/mol. The van der Waals surface area contributed by atoms with Crippen LogP contribution in [0.15, 0.2) is 59.8 Å². The Labute approximate surface area is 172 Å². The van der Waals surface area contributed by atoms with Crippen molar-refractivity contribution in [2.45, 2.75) is 19.9 Å². The van der Waals surface area contributed by atoms with Gasteiger partial charge in [-0.15, -0.1) is 0 Å². The minimum absolute atomic E-state index is 0.269. The van der Waals surface area contributed by atoms with Crippen molar-refractivity contribution >= 4 is 29.1 Å². The van der Waals surface area contributed by atoms with E-state index < -0.39 is 6.04 Å². The average molecular weight is 411 g/mol. The van der Waals surface area contributed by atoms with E-state index in [4.69, 9.17) is 16.3 Å². The minimum atomic E-state index is -0.545. The SMILES string of the molecule is CCOc1ccccc1[C@@H]1C(C(=O)Nc2ccc(Cl)cc2)=C(C)Nc2nnnn21. The number of tetrazole rings is 1. The number of hydrogen-bond acceptors (Lipinski definition) is 6. The highest BCUT2D eigenvalue weighted by Gasteiger charge is 2.35. The van der Waals surface area contributed by atoms with Crippen LogP contribution in [0.1, 0.15) is 25.5 Å². The van der Waals surface area contributed by atoms with Crippen LogP contribution in [0, 0.1) is 0 Å². The first-order valence-electron chi connectivity index (χ1n) is 9.12. The van der Waals surface area contributed by atoms with Gasteiger partial charge in [-0.1, -0.05) is 34.9 Å².